The van der Waals surface area contributed by atoms with Crippen LogP contribution in [-0.2, 0) is 45.1 Å². The first kappa shape index (κ1) is 26.8. The first-order valence-electron chi connectivity index (χ1n) is 13.1. The second-order valence-electron chi connectivity index (χ2n) is 9.48. The van der Waals surface area contributed by atoms with Gasteiger partial charge in [-0.15, -0.1) is 0 Å². The van der Waals surface area contributed by atoms with Crippen molar-refractivity contribution in [1.29, 1.82) is 0 Å². The van der Waals surface area contributed by atoms with Gasteiger partial charge >= 0.3 is 0 Å². The van der Waals surface area contributed by atoms with Crippen molar-refractivity contribution in [3.05, 3.63) is 88.9 Å². The van der Waals surface area contributed by atoms with Gasteiger partial charge in [-0.2, -0.15) is 15.1 Å². The first-order valence-corrected chi connectivity index (χ1v) is 13.1. The number of carbonyl (C=O) groups excluding carboxylic acids is 2. The number of amides is 2. The fourth-order valence-corrected chi connectivity index (χ4v) is 5.21. The zero-order valence-corrected chi connectivity index (χ0v) is 23.0. The van der Waals surface area contributed by atoms with E-state index >= 15 is 0 Å². The van der Waals surface area contributed by atoms with Gasteiger partial charge in [0.25, 0.3) is 5.91 Å². The number of fused-ring (bicyclic) bond motifs is 2. The lowest BCUT2D eigenvalue weighted by Gasteiger charge is -2.06. The number of nitrogens with zero attached hydrogens (tertiary/aromatic N) is 8. The van der Waals surface area contributed by atoms with Gasteiger partial charge < -0.3 is 23.4 Å². The number of rotatable bonds is 8. The van der Waals surface area contributed by atoms with Crippen LogP contribution < -0.4 is 11.2 Å². The number of hydrogen-bond acceptors (Lipinski definition) is 4. The quantitative estimate of drug-likeness (QED) is 0.240. The highest BCUT2D eigenvalue weighted by molar-refractivity contribution is 5.93. The molecular formula is C29H32N8O3. The molecule has 3 heterocycles. The number of para-hydroxylation sites is 3. The van der Waals surface area contributed by atoms with Crippen molar-refractivity contribution < 1.29 is 14.7 Å². The van der Waals surface area contributed by atoms with Gasteiger partial charge in [0.05, 0.1) is 34.4 Å². The zero-order valence-electron chi connectivity index (χ0n) is 23.0. The van der Waals surface area contributed by atoms with E-state index in [4.69, 9.17) is 0 Å². The third-order valence-electron chi connectivity index (χ3n) is 7.05. The molecule has 2 aromatic carbocycles. The molecular weight excluding hydrogens is 508 g/mol. The van der Waals surface area contributed by atoms with Gasteiger partial charge in [0.2, 0.25) is 17.6 Å². The molecule has 2 amide bonds. The molecule has 0 radical (unpaired) electrons. The van der Waals surface area contributed by atoms with E-state index in [-0.39, 0.29) is 12.5 Å². The minimum Gasteiger partial charge on any atom is -0.392 e. The lowest BCUT2D eigenvalue weighted by molar-refractivity contribution is -0.107. The standard InChI is InChI=1S/C29H32N8O3/c1-5-37-25(17-20(2)32-37)27(40)31-29-34(4)24-14-10-11-21(18-38)26(24)36(29)16-9-8-15-35-23-13-7-6-12-22(23)33(3)28(35)30-19-39/h6-14,17,19,38H,5,15-16,18H2,1-4H3/b9-8+,30-28+,31-29+. The van der Waals surface area contributed by atoms with E-state index in [1.54, 1.807) is 10.7 Å². The minimum atomic E-state index is -0.386. The summed E-state index contributed by atoms with van der Waals surface area (Å²) in [6.45, 7) is 5.06. The number of hydrogen-bond donors (Lipinski definition) is 1. The largest absolute Gasteiger partial charge is 0.392 e. The van der Waals surface area contributed by atoms with Crippen LogP contribution in [0, 0.1) is 6.92 Å². The van der Waals surface area contributed by atoms with Crippen LogP contribution in [0.25, 0.3) is 22.1 Å². The lowest BCUT2D eigenvalue weighted by Crippen LogP contribution is -2.26. The fourth-order valence-electron chi connectivity index (χ4n) is 5.21. The Labute approximate surface area is 230 Å². The molecule has 0 saturated heterocycles. The van der Waals surface area contributed by atoms with E-state index in [0.29, 0.717) is 43.0 Å². The van der Waals surface area contributed by atoms with E-state index < -0.39 is 0 Å². The third kappa shape index (κ3) is 4.64. The van der Waals surface area contributed by atoms with E-state index in [1.165, 1.54) is 0 Å². The number of aliphatic hydroxyl groups is 1. The lowest BCUT2D eigenvalue weighted by atomic mass is 10.2. The smallest absolute Gasteiger partial charge is 0.298 e. The molecule has 206 valence electrons. The van der Waals surface area contributed by atoms with Crippen LogP contribution in [0.15, 0.2) is 70.7 Å². The van der Waals surface area contributed by atoms with Crippen molar-refractivity contribution in [3.63, 3.8) is 0 Å². The maximum absolute atomic E-state index is 13.3. The van der Waals surface area contributed by atoms with Crippen LogP contribution in [0.5, 0.6) is 0 Å². The molecule has 11 heteroatoms. The molecule has 0 aliphatic rings. The third-order valence-corrected chi connectivity index (χ3v) is 7.05. The van der Waals surface area contributed by atoms with Crippen LogP contribution in [-0.4, -0.2) is 45.5 Å². The molecule has 0 fully saturated rings. The number of benzene rings is 2. The highest BCUT2D eigenvalue weighted by Crippen LogP contribution is 2.18. The van der Waals surface area contributed by atoms with Crippen LogP contribution in [0.2, 0.25) is 0 Å². The van der Waals surface area contributed by atoms with E-state index in [0.717, 1.165) is 33.3 Å². The van der Waals surface area contributed by atoms with Gasteiger partial charge in [-0.05, 0) is 38.1 Å². The average molecular weight is 541 g/mol. The van der Waals surface area contributed by atoms with Crippen molar-refractivity contribution >= 4 is 34.4 Å². The molecule has 0 aliphatic heterocycles. The fraction of sp³-hybridized carbons (Fsp3) is 0.276. The van der Waals surface area contributed by atoms with Gasteiger partial charge in [-0.1, -0.05) is 36.4 Å². The molecule has 11 nitrogen and oxygen atoms in total. The van der Waals surface area contributed by atoms with E-state index in [2.05, 4.69) is 15.1 Å². The predicted octanol–water partition coefficient (Wildman–Crippen LogP) is 2.34. The van der Waals surface area contributed by atoms with Gasteiger partial charge in [0.15, 0.2) is 0 Å². The molecule has 0 unspecified atom stereocenters. The summed E-state index contributed by atoms with van der Waals surface area (Å²) in [5, 5.41) is 14.5. The van der Waals surface area contributed by atoms with Gasteiger partial charge in [0, 0.05) is 39.3 Å². The topological polar surface area (TPSA) is 117 Å². The summed E-state index contributed by atoms with van der Waals surface area (Å²) in [6, 6.07) is 15.3. The van der Waals surface area contributed by atoms with Gasteiger partial charge in [-0.3, -0.25) is 14.3 Å². The van der Waals surface area contributed by atoms with Gasteiger partial charge in [0.1, 0.15) is 5.69 Å². The normalized spacial score (nSPS) is 12.9. The molecule has 0 saturated carbocycles. The maximum atomic E-state index is 13.3. The Hall–Kier alpha value is -4.77. The van der Waals surface area contributed by atoms with E-state index in [9.17, 15) is 14.7 Å². The summed E-state index contributed by atoms with van der Waals surface area (Å²) in [7, 11) is 3.74. The highest BCUT2D eigenvalue weighted by Gasteiger charge is 2.17. The van der Waals surface area contributed by atoms with Crippen LogP contribution in [0.4, 0.5) is 0 Å². The number of aryl methyl sites for hydroxylation is 4. The molecule has 3 aromatic heterocycles. The number of allylic oxidation sites excluding steroid dienone is 2. The van der Waals surface area contributed by atoms with Crippen LogP contribution in [0.3, 0.4) is 0 Å². The van der Waals surface area contributed by atoms with Crippen molar-refractivity contribution in [3.8, 4) is 0 Å². The number of aromatic nitrogens is 6. The monoisotopic (exact) mass is 540 g/mol. The molecule has 5 rings (SSSR count). The number of aliphatic hydroxyl groups excluding tert-OH is 1. The summed E-state index contributed by atoms with van der Waals surface area (Å²) >= 11 is 0. The molecule has 0 spiro atoms. The van der Waals surface area contributed by atoms with Gasteiger partial charge in [-0.25, -0.2) is 0 Å². The molecule has 5 aromatic rings. The highest BCUT2D eigenvalue weighted by atomic mass is 16.3. The Morgan fingerprint density at radius 2 is 1.62 bits per heavy atom. The average Bonchev–Trinajstić information content (AvgIpc) is 3.57. The SMILES string of the molecule is CCn1nc(C)cc1C(=O)/N=c1\n(C)c2cccc(CO)c2n1C/C=C/Cn1/c(=N/C=O)n(C)c2ccccc21. The summed E-state index contributed by atoms with van der Waals surface area (Å²) in [5.41, 5.74) is 6.50. The summed E-state index contributed by atoms with van der Waals surface area (Å²) < 4.78 is 9.29. The Bertz CT molecular complexity index is 1910. The molecule has 40 heavy (non-hydrogen) atoms. The summed E-state index contributed by atoms with van der Waals surface area (Å²) in [6.07, 6.45) is 4.52. The summed E-state index contributed by atoms with van der Waals surface area (Å²) in [4.78, 5) is 33.1. The first-order chi connectivity index (χ1) is 19.4. The predicted molar refractivity (Wildman–Crippen MR) is 151 cm³/mol. The number of carbonyl (C=O) groups is 2. The molecule has 0 aliphatic carbocycles. The molecule has 1 N–H and O–H groups in total. The van der Waals surface area contributed by atoms with Crippen molar-refractivity contribution in [2.75, 3.05) is 0 Å². The molecule has 0 bridgehead atoms. The Balaban J connectivity index is 1.58. The van der Waals surface area contributed by atoms with Crippen molar-refractivity contribution in [2.45, 2.75) is 40.1 Å². The molecule has 0 atom stereocenters. The minimum absolute atomic E-state index is 0.150. The van der Waals surface area contributed by atoms with Crippen LogP contribution >= 0.6 is 0 Å². The summed E-state index contributed by atoms with van der Waals surface area (Å²) in [5.74, 6) is -0.386. The second-order valence-corrected chi connectivity index (χ2v) is 9.48. The van der Waals surface area contributed by atoms with Crippen LogP contribution in [0.1, 0.15) is 28.7 Å². The zero-order chi connectivity index (χ0) is 28.4. The Morgan fingerprint density at radius 3 is 2.33 bits per heavy atom. The van der Waals surface area contributed by atoms with Crippen molar-refractivity contribution in [2.24, 2.45) is 24.1 Å². The Kier molecular flexibility index (Phi) is 7.47. The Morgan fingerprint density at radius 1 is 0.950 bits per heavy atom. The second kappa shape index (κ2) is 11.1. The van der Waals surface area contributed by atoms with E-state index in [1.807, 2.05) is 101 Å². The maximum Gasteiger partial charge on any atom is 0.298 e. The van der Waals surface area contributed by atoms with Crippen molar-refractivity contribution in [1.82, 2.24) is 28.0 Å². The number of imidazole rings is 2.